The number of nitrogens with zero attached hydrogens (tertiary/aromatic N) is 2. The average molecular weight is 454 g/mol. The van der Waals surface area contributed by atoms with E-state index in [1.54, 1.807) is 7.05 Å². The number of benzene rings is 3. The van der Waals surface area contributed by atoms with Crippen molar-refractivity contribution in [2.75, 3.05) is 26.7 Å². The second-order valence-electron chi connectivity index (χ2n) is 9.19. The minimum Gasteiger partial charge on any atom is -0.359 e. The largest absolute Gasteiger partial charge is 0.359 e. The lowest BCUT2D eigenvalue weighted by Crippen LogP contribution is -2.65. The molecule has 0 aliphatic carbocycles. The van der Waals surface area contributed by atoms with Crippen molar-refractivity contribution in [1.29, 1.82) is 0 Å². The van der Waals surface area contributed by atoms with Gasteiger partial charge in [-0.2, -0.15) is 0 Å². The van der Waals surface area contributed by atoms with Crippen LogP contribution in [0, 0.1) is 5.92 Å². The van der Waals surface area contributed by atoms with Gasteiger partial charge in [0.05, 0.1) is 17.5 Å². The summed E-state index contributed by atoms with van der Waals surface area (Å²) in [7, 11) is 1.66. The van der Waals surface area contributed by atoms with E-state index < -0.39 is 5.54 Å². The van der Waals surface area contributed by atoms with Gasteiger partial charge in [-0.25, -0.2) is 0 Å². The summed E-state index contributed by atoms with van der Waals surface area (Å²) in [5, 5.41) is 2.73. The van der Waals surface area contributed by atoms with Crippen molar-refractivity contribution in [2.45, 2.75) is 24.4 Å². The number of hydrogen-bond donors (Lipinski definition) is 1. The zero-order valence-corrected chi connectivity index (χ0v) is 19.6. The summed E-state index contributed by atoms with van der Waals surface area (Å²) in [6, 6.07) is 31.3. The first-order chi connectivity index (χ1) is 16.7. The second kappa shape index (κ2) is 9.43. The molecule has 5 heteroatoms. The first kappa shape index (κ1) is 22.4. The lowest BCUT2D eigenvalue weighted by Gasteiger charge is -2.54. The Kier molecular flexibility index (Phi) is 6.20. The summed E-state index contributed by atoms with van der Waals surface area (Å²) in [4.78, 5) is 30.2. The van der Waals surface area contributed by atoms with E-state index in [4.69, 9.17) is 0 Å². The van der Waals surface area contributed by atoms with Crippen LogP contribution in [0.5, 0.6) is 0 Å². The maximum absolute atomic E-state index is 13.8. The Morgan fingerprint density at radius 3 is 1.68 bits per heavy atom. The lowest BCUT2D eigenvalue weighted by atomic mass is 9.72. The van der Waals surface area contributed by atoms with E-state index in [2.05, 4.69) is 83.0 Å². The Bertz CT molecular complexity index is 1040. The molecular formula is C29H31N3O2. The molecule has 2 saturated heterocycles. The molecule has 2 aliphatic rings. The van der Waals surface area contributed by atoms with Crippen LogP contribution in [0.25, 0.3) is 0 Å². The molecule has 2 amide bonds. The molecule has 3 aromatic rings. The monoisotopic (exact) mass is 453 g/mol. The summed E-state index contributed by atoms with van der Waals surface area (Å²) in [5.41, 5.74) is 2.86. The third-order valence-electron chi connectivity index (χ3n) is 7.43. The van der Waals surface area contributed by atoms with Gasteiger partial charge in [0.1, 0.15) is 0 Å². The maximum Gasteiger partial charge on any atom is 0.240 e. The van der Waals surface area contributed by atoms with Crippen molar-refractivity contribution >= 4 is 11.8 Å². The quantitative estimate of drug-likeness (QED) is 0.580. The summed E-state index contributed by atoms with van der Waals surface area (Å²) in [6.07, 6.45) is 1.54. The van der Waals surface area contributed by atoms with Crippen molar-refractivity contribution in [3.05, 3.63) is 108 Å². The number of nitrogens with one attached hydrogen (secondary N) is 1. The van der Waals surface area contributed by atoms with E-state index in [0.29, 0.717) is 13.1 Å². The highest BCUT2D eigenvalue weighted by Gasteiger charge is 2.52. The van der Waals surface area contributed by atoms with Crippen LogP contribution in [0.1, 0.15) is 29.5 Å². The maximum atomic E-state index is 13.8. The average Bonchev–Trinajstić information content (AvgIpc) is 3.38. The molecule has 2 heterocycles. The number of amides is 2. The molecule has 2 atom stereocenters. The van der Waals surface area contributed by atoms with Crippen LogP contribution in [0.15, 0.2) is 91.0 Å². The lowest BCUT2D eigenvalue weighted by molar-refractivity contribution is -0.144. The standard InChI is InChI=1S/C29H31N3O2/c1-30-27(33)22-17-19-31(21-22)28(34)26-18-20-32(26)29(23-11-5-2-6-12-23,24-13-7-3-8-14-24)25-15-9-4-10-16-25/h2-16,22,26H,17-21H2,1H3,(H,30,33)/t22?,26-/m1/s1. The highest BCUT2D eigenvalue weighted by atomic mass is 16.2. The predicted octanol–water partition coefficient (Wildman–Crippen LogP) is 3.65. The van der Waals surface area contributed by atoms with Gasteiger partial charge in [0.15, 0.2) is 0 Å². The third kappa shape index (κ3) is 3.70. The van der Waals surface area contributed by atoms with Crippen LogP contribution in [-0.2, 0) is 15.1 Å². The van der Waals surface area contributed by atoms with Gasteiger partial charge in [-0.15, -0.1) is 0 Å². The van der Waals surface area contributed by atoms with Crippen molar-refractivity contribution in [2.24, 2.45) is 5.92 Å². The van der Waals surface area contributed by atoms with Crippen molar-refractivity contribution < 1.29 is 9.59 Å². The molecule has 0 spiro atoms. The molecule has 1 unspecified atom stereocenters. The zero-order valence-electron chi connectivity index (χ0n) is 19.6. The number of likely N-dealkylation sites (tertiary alicyclic amines) is 2. The van der Waals surface area contributed by atoms with Gasteiger partial charge in [-0.05, 0) is 29.5 Å². The topological polar surface area (TPSA) is 52.7 Å². The molecule has 5 nitrogen and oxygen atoms in total. The fraction of sp³-hybridized carbons (Fsp3) is 0.310. The fourth-order valence-corrected chi connectivity index (χ4v) is 5.67. The molecule has 0 bridgehead atoms. The number of hydrogen-bond acceptors (Lipinski definition) is 3. The highest BCUT2D eigenvalue weighted by Crippen LogP contribution is 2.47. The Hall–Kier alpha value is -3.44. The van der Waals surface area contributed by atoms with Crippen LogP contribution < -0.4 is 5.32 Å². The molecule has 2 fully saturated rings. The summed E-state index contributed by atoms with van der Waals surface area (Å²) in [5.74, 6) is 0.0300. The van der Waals surface area contributed by atoms with E-state index in [0.717, 1.165) is 36.1 Å². The fourth-order valence-electron chi connectivity index (χ4n) is 5.67. The summed E-state index contributed by atoms with van der Waals surface area (Å²) in [6.45, 7) is 1.95. The third-order valence-corrected chi connectivity index (χ3v) is 7.43. The van der Waals surface area contributed by atoms with E-state index in [9.17, 15) is 9.59 Å². The molecular weight excluding hydrogens is 422 g/mol. The van der Waals surface area contributed by atoms with Gasteiger partial charge in [0.2, 0.25) is 11.8 Å². The van der Waals surface area contributed by atoms with Gasteiger partial charge in [0.25, 0.3) is 0 Å². The van der Waals surface area contributed by atoms with E-state index in [-0.39, 0.29) is 23.8 Å². The Balaban J connectivity index is 1.58. The van der Waals surface area contributed by atoms with Crippen LogP contribution in [0.3, 0.4) is 0 Å². The SMILES string of the molecule is CNC(=O)C1CCN(C(=O)[C@H]2CCN2C(c2ccccc2)(c2ccccc2)c2ccccc2)C1. The smallest absolute Gasteiger partial charge is 0.240 e. The highest BCUT2D eigenvalue weighted by molar-refractivity contribution is 5.85. The van der Waals surface area contributed by atoms with E-state index >= 15 is 0 Å². The predicted molar refractivity (Wildman–Crippen MR) is 133 cm³/mol. The van der Waals surface area contributed by atoms with Gasteiger partial charge >= 0.3 is 0 Å². The summed E-state index contributed by atoms with van der Waals surface area (Å²) >= 11 is 0. The first-order valence-corrected chi connectivity index (χ1v) is 12.1. The Labute approximate surface area is 201 Å². The molecule has 5 rings (SSSR count). The van der Waals surface area contributed by atoms with Crippen LogP contribution in [0.4, 0.5) is 0 Å². The molecule has 3 aromatic carbocycles. The molecule has 1 N–H and O–H groups in total. The molecule has 0 radical (unpaired) electrons. The van der Waals surface area contributed by atoms with Crippen LogP contribution in [0.2, 0.25) is 0 Å². The van der Waals surface area contributed by atoms with Gasteiger partial charge < -0.3 is 10.2 Å². The summed E-state index contributed by atoms with van der Waals surface area (Å²) < 4.78 is 0. The molecule has 34 heavy (non-hydrogen) atoms. The minimum absolute atomic E-state index is 0.0213. The second-order valence-corrected chi connectivity index (χ2v) is 9.19. The van der Waals surface area contributed by atoms with Gasteiger partial charge in [0, 0.05) is 26.7 Å². The Morgan fingerprint density at radius 1 is 0.765 bits per heavy atom. The molecule has 0 saturated carbocycles. The van der Waals surface area contributed by atoms with E-state index in [1.807, 2.05) is 23.1 Å². The van der Waals surface area contributed by atoms with Crippen LogP contribution in [-0.4, -0.2) is 54.3 Å². The minimum atomic E-state index is -0.581. The van der Waals surface area contributed by atoms with Crippen molar-refractivity contribution in [3.8, 4) is 0 Å². The van der Waals surface area contributed by atoms with Crippen molar-refractivity contribution in [1.82, 2.24) is 15.1 Å². The van der Waals surface area contributed by atoms with Crippen LogP contribution >= 0.6 is 0 Å². The van der Waals surface area contributed by atoms with E-state index in [1.165, 1.54) is 0 Å². The molecule has 2 aliphatic heterocycles. The molecule has 0 aromatic heterocycles. The van der Waals surface area contributed by atoms with Gasteiger partial charge in [-0.1, -0.05) is 91.0 Å². The Morgan fingerprint density at radius 2 is 1.26 bits per heavy atom. The number of carbonyl (C=O) groups excluding carboxylic acids is 2. The number of rotatable bonds is 6. The van der Waals surface area contributed by atoms with Crippen molar-refractivity contribution in [3.63, 3.8) is 0 Å². The molecule has 174 valence electrons. The normalized spacial score (nSPS) is 20.6. The zero-order chi connectivity index (χ0) is 23.5. The van der Waals surface area contributed by atoms with Gasteiger partial charge in [-0.3, -0.25) is 14.5 Å². The number of carbonyl (C=O) groups is 2. The first-order valence-electron chi connectivity index (χ1n) is 12.1.